The predicted octanol–water partition coefficient (Wildman–Crippen LogP) is 3.46. The number of halogens is 1. The molecule has 2 aromatic rings. The minimum Gasteiger partial charge on any atom is -0.508 e. The number of benzene rings is 2. The Hall–Kier alpha value is -2.38. The van der Waals surface area contributed by atoms with E-state index < -0.39 is 0 Å². The summed E-state index contributed by atoms with van der Waals surface area (Å²) in [5.41, 5.74) is 2.25. The molecule has 2 N–H and O–H groups in total. The van der Waals surface area contributed by atoms with Gasteiger partial charge in [0.05, 0.1) is 28.4 Å². The van der Waals surface area contributed by atoms with E-state index in [1.807, 2.05) is 12.1 Å². The molecule has 1 aliphatic rings. The Morgan fingerprint density at radius 2 is 2.15 bits per heavy atom. The summed E-state index contributed by atoms with van der Waals surface area (Å²) in [4.78, 5) is 0. The van der Waals surface area contributed by atoms with Crippen LogP contribution in [0.15, 0.2) is 36.4 Å². The summed E-state index contributed by atoms with van der Waals surface area (Å²) in [6, 6.07) is 12.2. The van der Waals surface area contributed by atoms with E-state index in [0.29, 0.717) is 22.9 Å². The highest BCUT2D eigenvalue weighted by Crippen LogP contribution is 2.37. The summed E-state index contributed by atoms with van der Waals surface area (Å²) in [7, 11) is 0. The number of nitrogens with zero attached hydrogens (tertiary/aromatic N) is 1. The summed E-state index contributed by atoms with van der Waals surface area (Å²) in [5, 5.41) is 22.0. The average Bonchev–Trinajstić information content (AvgIpc) is 2.83. The molecule has 0 saturated heterocycles. The van der Waals surface area contributed by atoms with Gasteiger partial charge in [0.15, 0.2) is 0 Å². The average molecular weight is 287 g/mol. The van der Waals surface area contributed by atoms with Crippen molar-refractivity contribution in [3.8, 4) is 17.6 Å². The maximum absolute atomic E-state index is 9.42. The highest BCUT2D eigenvalue weighted by atomic mass is 35.5. The van der Waals surface area contributed by atoms with Crippen molar-refractivity contribution >= 4 is 17.3 Å². The third kappa shape index (κ3) is 2.24. The fourth-order valence-corrected chi connectivity index (χ4v) is 2.44. The number of phenolic OH excluding ortho intramolecular Hbond substituents is 1. The third-order valence-corrected chi connectivity index (χ3v) is 3.52. The lowest BCUT2D eigenvalue weighted by molar-refractivity contribution is 0.338. The maximum Gasteiger partial charge on any atom is 0.128 e. The first-order valence-electron chi connectivity index (χ1n) is 6.09. The number of nitrogens with one attached hydrogen (secondary N) is 1. The molecule has 0 amide bonds. The number of hydrogen-bond donors (Lipinski definition) is 2. The van der Waals surface area contributed by atoms with Gasteiger partial charge < -0.3 is 15.2 Å². The zero-order valence-corrected chi connectivity index (χ0v) is 11.2. The van der Waals surface area contributed by atoms with Crippen molar-refractivity contribution in [2.24, 2.45) is 0 Å². The molecule has 0 fully saturated rings. The van der Waals surface area contributed by atoms with Crippen LogP contribution in [0.5, 0.6) is 11.5 Å². The predicted molar refractivity (Wildman–Crippen MR) is 76.1 cm³/mol. The van der Waals surface area contributed by atoms with Crippen molar-refractivity contribution in [3.05, 3.63) is 52.5 Å². The smallest absolute Gasteiger partial charge is 0.128 e. The van der Waals surface area contributed by atoms with E-state index in [4.69, 9.17) is 21.6 Å². The lowest BCUT2D eigenvalue weighted by atomic mass is 10.1. The number of ether oxygens (including phenoxy) is 1. The second kappa shape index (κ2) is 4.95. The lowest BCUT2D eigenvalue weighted by Gasteiger charge is -2.14. The zero-order valence-electron chi connectivity index (χ0n) is 10.4. The van der Waals surface area contributed by atoms with Crippen LogP contribution in [0.3, 0.4) is 0 Å². The second-order valence-corrected chi connectivity index (χ2v) is 4.94. The minimum absolute atomic E-state index is 0.0314. The minimum atomic E-state index is -0.0314. The lowest BCUT2D eigenvalue weighted by Crippen LogP contribution is -2.12. The van der Waals surface area contributed by atoms with Gasteiger partial charge in [0.2, 0.25) is 0 Å². The Kier molecular flexibility index (Phi) is 3.13. The summed E-state index contributed by atoms with van der Waals surface area (Å²) in [6.07, 6.45) is 0. The Bertz CT molecular complexity index is 710. The standard InChI is InChI=1S/C15H11ClN2O2/c16-12-5-9(7-17)1-4-13(12)18-14-8-20-15-6-10(19)2-3-11(14)15/h1-6,14,18-19H,8H2. The highest BCUT2D eigenvalue weighted by molar-refractivity contribution is 6.33. The zero-order chi connectivity index (χ0) is 14.1. The topological polar surface area (TPSA) is 65.3 Å². The van der Waals surface area contributed by atoms with Crippen LogP contribution in [-0.4, -0.2) is 11.7 Å². The van der Waals surface area contributed by atoms with Gasteiger partial charge >= 0.3 is 0 Å². The van der Waals surface area contributed by atoms with Gasteiger partial charge in [0.25, 0.3) is 0 Å². The van der Waals surface area contributed by atoms with E-state index in [1.54, 1.807) is 30.3 Å². The van der Waals surface area contributed by atoms with Gasteiger partial charge in [0, 0.05) is 11.6 Å². The molecule has 4 nitrogen and oxygen atoms in total. The molecule has 2 aromatic carbocycles. The second-order valence-electron chi connectivity index (χ2n) is 4.54. The van der Waals surface area contributed by atoms with Crippen LogP contribution >= 0.6 is 11.6 Å². The molecule has 20 heavy (non-hydrogen) atoms. The van der Waals surface area contributed by atoms with Crippen molar-refractivity contribution in [2.45, 2.75) is 6.04 Å². The number of anilines is 1. The third-order valence-electron chi connectivity index (χ3n) is 3.21. The first kappa shape index (κ1) is 12.6. The van der Waals surface area contributed by atoms with Crippen LogP contribution in [0.1, 0.15) is 17.2 Å². The van der Waals surface area contributed by atoms with Crippen LogP contribution in [0, 0.1) is 11.3 Å². The maximum atomic E-state index is 9.42. The molecule has 1 aliphatic heterocycles. The van der Waals surface area contributed by atoms with Crippen molar-refractivity contribution in [2.75, 3.05) is 11.9 Å². The summed E-state index contributed by atoms with van der Waals surface area (Å²) in [6.45, 7) is 0.467. The van der Waals surface area contributed by atoms with Gasteiger partial charge in [-0.25, -0.2) is 0 Å². The molecule has 1 unspecified atom stereocenters. The fourth-order valence-electron chi connectivity index (χ4n) is 2.21. The molecule has 0 spiro atoms. The largest absolute Gasteiger partial charge is 0.508 e. The monoisotopic (exact) mass is 286 g/mol. The van der Waals surface area contributed by atoms with Gasteiger partial charge in [-0.3, -0.25) is 0 Å². The normalized spacial score (nSPS) is 16.1. The summed E-state index contributed by atoms with van der Waals surface area (Å²) in [5.74, 6) is 0.855. The van der Waals surface area contributed by atoms with Crippen molar-refractivity contribution in [1.29, 1.82) is 5.26 Å². The first-order chi connectivity index (χ1) is 9.67. The van der Waals surface area contributed by atoms with Crippen molar-refractivity contribution in [1.82, 2.24) is 0 Å². The highest BCUT2D eigenvalue weighted by Gasteiger charge is 2.24. The molecule has 1 heterocycles. The Morgan fingerprint density at radius 1 is 1.30 bits per heavy atom. The van der Waals surface area contributed by atoms with Gasteiger partial charge in [-0.1, -0.05) is 11.6 Å². The van der Waals surface area contributed by atoms with E-state index in [-0.39, 0.29) is 11.8 Å². The fraction of sp³-hybridized carbons (Fsp3) is 0.133. The van der Waals surface area contributed by atoms with E-state index >= 15 is 0 Å². The van der Waals surface area contributed by atoms with E-state index in [0.717, 1.165) is 11.3 Å². The van der Waals surface area contributed by atoms with Crippen LogP contribution in [0.2, 0.25) is 5.02 Å². The molecular formula is C15H11ClN2O2. The molecule has 1 atom stereocenters. The molecule has 0 saturated carbocycles. The van der Waals surface area contributed by atoms with Gasteiger partial charge in [0.1, 0.15) is 18.1 Å². The van der Waals surface area contributed by atoms with E-state index in [9.17, 15) is 5.11 Å². The molecule has 3 rings (SSSR count). The Labute approximate surface area is 121 Å². The number of rotatable bonds is 2. The Morgan fingerprint density at radius 3 is 2.90 bits per heavy atom. The van der Waals surface area contributed by atoms with Gasteiger partial charge in [-0.15, -0.1) is 0 Å². The quantitative estimate of drug-likeness (QED) is 0.887. The van der Waals surface area contributed by atoms with Gasteiger partial charge in [-0.05, 0) is 30.3 Å². The SMILES string of the molecule is N#Cc1ccc(NC2COc3cc(O)ccc32)c(Cl)c1. The molecule has 5 heteroatoms. The number of nitriles is 1. The first-order valence-corrected chi connectivity index (χ1v) is 6.47. The number of aromatic hydroxyl groups is 1. The summed E-state index contributed by atoms with van der Waals surface area (Å²) < 4.78 is 5.53. The van der Waals surface area contributed by atoms with E-state index in [2.05, 4.69) is 5.32 Å². The number of hydrogen-bond acceptors (Lipinski definition) is 4. The van der Waals surface area contributed by atoms with E-state index in [1.165, 1.54) is 0 Å². The van der Waals surface area contributed by atoms with Crippen LogP contribution in [-0.2, 0) is 0 Å². The molecule has 0 bridgehead atoms. The van der Waals surface area contributed by atoms with Gasteiger partial charge in [-0.2, -0.15) is 5.26 Å². The number of fused-ring (bicyclic) bond motifs is 1. The Balaban J connectivity index is 1.86. The number of phenols is 1. The van der Waals surface area contributed by atoms with Crippen molar-refractivity contribution in [3.63, 3.8) is 0 Å². The molecule has 0 aromatic heterocycles. The molecule has 100 valence electrons. The van der Waals surface area contributed by atoms with Crippen LogP contribution in [0.4, 0.5) is 5.69 Å². The molecule has 0 radical (unpaired) electrons. The van der Waals surface area contributed by atoms with Crippen molar-refractivity contribution < 1.29 is 9.84 Å². The van der Waals surface area contributed by atoms with Crippen LogP contribution in [0.25, 0.3) is 0 Å². The van der Waals surface area contributed by atoms with Crippen LogP contribution < -0.4 is 10.1 Å². The molecule has 0 aliphatic carbocycles. The molecular weight excluding hydrogens is 276 g/mol. The summed E-state index contributed by atoms with van der Waals surface area (Å²) >= 11 is 6.14.